The number of nitrogens with zero attached hydrogens (tertiary/aromatic N) is 1. The van der Waals surface area contributed by atoms with Gasteiger partial charge in [-0.2, -0.15) is 0 Å². The Kier molecular flexibility index (Phi) is 5.73. The summed E-state index contributed by atoms with van der Waals surface area (Å²) in [5, 5.41) is 8.43. The van der Waals surface area contributed by atoms with Crippen molar-refractivity contribution in [1.82, 2.24) is 4.90 Å². The number of carbonyl (C=O) groups is 1. The number of hydrogen-bond acceptors (Lipinski definition) is 3. The molecule has 1 N–H and O–H groups in total. The first-order valence-electron chi connectivity index (χ1n) is 4.90. The summed E-state index contributed by atoms with van der Waals surface area (Å²) in [5.74, 6) is -0.893. The molecular weight excluding hydrogens is 290 g/mol. The molecule has 0 aliphatic rings. The maximum absolute atomic E-state index is 10.3. The van der Waals surface area contributed by atoms with Crippen molar-refractivity contribution in [3.05, 3.63) is 32.9 Å². The van der Waals surface area contributed by atoms with Crippen molar-refractivity contribution < 1.29 is 9.90 Å². The monoisotopic (exact) mass is 303 g/mol. The van der Waals surface area contributed by atoms with E-state index in [9.17, 15) is 4.79 Å². The Bertz CT molecular complexity index is 376. The van der Waals surface area contributed by atoms with Crippen molar-refractivity contribution >= 4 is 33.2 Å². The van der Waals surface area contributed by atoms with Crippen LogP contribution >= 0.6 is 27.3 Å². The van der Waals surface area contributed by atoms with Gasteiger partial charge in [0.25, 0.3) is 0 Å². The molecule has 0 aromatic carbocycles. The van der Waals surface area contributed by atoms with Crippen molar-refractivity contribution in [1.29, 1.82) is 0 Å². The molecule has 0 saturated carbocycles. The van der Waals surface area contributed by atoms with Crippen LogP contribution in [0, 0.1) is 0 Å². The van der Waals surface area contributed by atoms with Gasteiger partial charge < -0.3 is 10.0 Å². The highest BCUT2D eigenvalue weighted by atomic mass is 79.9. The van der Waals surface area contributed by atoms with Gasteiger partial charge in [-0.15, -0.1) is 11.3 Å². The molecular formula is C11H14BrNO2S. The molecule has 5 heteroatoms. The molecule has 1 heterocycles. The van der Waals surface area contributed by atoms with Crippen molar-refractivity contribution in [2.45, 2.75) is 6.42 Å². The molecule has 0 bridgehead atoms. The molecule has 0 aliphatic heterocycles. The molecule has 0 spiro atoms. The van der Waals surface area contributed by atoms with Crippen molar-refractivity contribution in [3.63, 3.8) is 0 Å². The molecule has 3 nitrogen and oxygen atoms in total. The van der Waals surface area contributed by atoms with Crippen LogP contribution in [0.25, 0.3) is 0 Å². The molecule has 1 aromatic rings. The van der Waals surface area contributed by atoms with E-state index in [4.69, 9.17) is 5.11 Å². The Labute approximate surface area is 108 Å². The first kappa shape index (κ1) is 13.4. The lowest BCUT2D eigenvalue weighted by Gasteiger charge is -2.12. The van der Waals surface area contributed by atoms with E-state index in [0.717, 1.165) is 16.8 Å². The normalized spacial score (nSPS) is 11.4. The van der Waals surface area contributed by atoms with Crippen LogP contribution in [-0.2, 0) is 11.2 Å². The van der Waals surface area contributed by atoms with E-state index in [2.05, 4.69) is 26.9 Å². The maximum Gasteiger partial charge on any atom is 0.328 e. The minimum atomic E-state index is -0.893. The topological polar surface area (TPSA) is 40.5 Å². The quantitative estimate of drug-likeness (QED) is 0.821. The molecule has 1 rings (SSSR count). The van der Waals surface area contributed by atoms with Gasteiger partial charge in [0.15, 0.2) is 0 Å². The van der Waals surface area contributed by atoms with Crippen molar-refractivity contribution in [3.8, 4) is 0 Å². The number of likely N-dealkylation sites (N-methyl/N-ethyl adjacent to an activating group) is 1. The van der Waals surface area contributed by atoms with E-state index in [1.807, 2.05) is 13.1 Å². The fourth-order valence-corrected chi connectivity index (χ4v) is 2.68. The van der Waals surface area contributed by atoms with Gasteiger partial charge in [0.05, 0.1) is 3.79 Å². The zero-order valence-electron chi connectivity index (χ0n) is 9.02. The number of carboxylic acids is 1. The van der Waals surface area contributed by atoms with Gasteiger partial charge in [-0.05, 0) is 41.5 Å². The first-order chi connectivity index (χ1) is 7.58. The summed E-state index contributed by atoms with van der Waals surface area (Å²) in [6.07, 6.45) is 3.83. The number of thiophene rings is 1. The Hall–Kier alpha value is -0.650. The third-order valence-corrected chi connectivity index (χ3v) is 3.73. The second-order valence-electron chi connectivity index (χ2n) is 3.46. The van der Waals surface area contributed by atoms with E-state index < -0.39 is 5.97 Å². The predicted octanol–water partition coefficient (Wildman–Crippen LogP) is 2.63. The maximum atomic E-state index is 10.3. The number of aliphatic carboxylic acids is 1. The van der Waals surface area contributed by atoms with Crippen molar-refractivity contribution in [2.24, 2.45) is 0 Å². The lowest BCUT2D eigenvalue weighted by Crippen LogP contribution is -2.21. The summed E-state index contributed by atoms with van der Waals surface area (Å²) in [4.78, 5) is 13.7. The molecule has 0 radical (unpaired) electrons. The Morgan fingerprint density at radius 3 is 2.94 bits per heavy atom. The van der Waals surface area contributed by atoms with Gasteiger partial charge in [0, 0.05) is 24.0 Å². The molecule has 0 atom stereocenters. The van der Waals surface area contributed by atoms with E-state index >= 15 is 0 Å². The molecule has 88 valence electrons. The molecule has 1 aromatic heterocycles. The van der Waals surface area contributed by atoms with Crippen LogP contribution in [0.3, 0.4) is 0 Å². The fourth-order valence-electron chi connectivity index (χ4n) is 1.21. The Balaban J connectivity index is 2.25. The van der Waals surface area contributed by atoms with Gasteiger partial charge in [-0.25, -0.2) is 4.79 Å². The summed E-state index contributed by atoms with van der Waals surface area (Å²) < 4.78 is 1.15. The fraction of sp³-hybridized carbons (Fsp3) is 0.364. The van der Waals surface area contributed by atoms with Gasteiger partial charge in [-0.3, -0.25) is 0 Å². The highest BCUT2D eigenvalue weighted by Crippen LogP contribution is 2.22. The number of carboxylic acid groups (broad SMARTS) is 1. The van der Waals surface area contributed by atoms with E-state index in [1.54, 1.807) is 17.4 Å². The van der Waals surface area contributed by atoms with Crippen LogP contribution in [0.5, 0.6) is 0 Å². The van der Waals surface area contributed by atoms with Crippen molar-refractivity contribution in [2.75, 3.05) is 20.1 Å². The van der Waals surface area contributed by atoms with Gasteiger partial charge in [-0.1, -0.05) is 6.08 Å². The molecule has 0 unspecified atom stereocenters. The number of rotatable bonds is 6. The SMILES string of the molecule is CN(C/C=C/C(=O)O)CCc1ccc(Br)s1. The van der Waals surface area contributed by atoms with Gasteiger partial charge in [0.2, 0.25) is 0 Å². The first-order valence-corrected chi connectivity index (χ1v) is 6.51. The smallest absolute Gasteiger partial charge is 0.328 e. The highest BCUT2D eigenvalue weighted by molar-refractivity contribution is 9.11. The molecule has 0 fully saturated rings. The standard InChI is InChI=1S/C11H14BrNO2S/c1-13(7-2-3-11(14)15)8-6-9-4-5-10(12)16-9/h2-5H,6-8H2,1H3,(H,14,15)/b3-2+. The lowest BCUT2D eigenvalue weighted by molar-refractivity contribution is -0.131. The van der Waals surface area contributed by atoms with Gasteiger partial charge >= 0.3 is 5.97 Å². The lowest BCUT2D eigenvalue weighted by atomic mass is 10.3. The third kappa shape index (κ3) is 5.44. The Morgan fingerprint density at radius 1 is 1.62 bits per heavy atom. The summed E-state index contributed by atoms with van der Waals surface area (Å²) in [5.41, 5.74) is 0. The minimum absolute atomic E-state index is 0.666. The third-order valence-electron chi connectivity index (χ3n) is 2.05. The average molecular weight is 304 g/mol. The van der Waals surface area contributed by atoms with Crippen LogP contribution in [0.2, 0.25) is 0 Å². The number of hydrogen-bond donors (Lipinski definition) is 1. The molecule has 0 amide bonds. The largest absolute Gasteiger partial charge is 0.478 e. The zero-order chi connectivity index (χ0) is 12.0. The summed E-state index contributed by atoms with van der Waals surface area (Å²) >= 11 is 5.16. The van der Waals surface area contributed by atoms with E-state index in [1.165, 1.54) is 11.0 Å². The van der Waals surface area contributed by atoms with Crippen LogP contribution in [0.4, 0.5) is 0 Å². The minimum Gasteiger partial charge on any atom is -0.478 e. The van der Waals surface area contributed by atoms with Crippen LogP contribution in [-0.4, -0.2) is 36.1 Å². The molecule has 0 aliphatic carbocycles. The summed E-state index contributed by atoms with van der Waals surface area (Å²) in [7, 11) is 1.98. The molecule has 16 heavy (non-hydrogen) atoms. The van der Waals surface area contributed by atoms with Crippen LogP contribution < -0.4 is 0 Å². The highest BCUT2D eigenvalue weighted by Gasteiger charge is 2.00. The number of halogens is 1. The van der Waals surface area contributed by atoms with E-state index in [0.29, 0.717) is 6.54 Å². The molecule has 0 saturated heterocycles. The van der Waals surface area contributed by atoms with Crippen LogP contribution in [0.1, 0.15) is 4.88 Å². The van der Waals surface area contributed by atoms with E-state index in [-0.39, 0.29) is 0 Å². The van der Waals surface area contributed by atoms with Gasteiger partial charge in [0.1, 0.15) is 0 Å². The Morgan fingerprint density at radius 2 is 2.38 bits per heavy atom. The summed E-state index contributed by atoms with van der Waals surface area (Å²) in [6, 6.07) is 4.15. The van der Waals surface area contributed by atoms with Crippen LogP contribution in [0.15, 0.2) is 28.1 Å². The second kappa shape index (κ2) is 6.83. The zero-order valence-corrected chi connectivity index (χ0v) is 11.4. The average Bonchev–Trinajstić information content (AvgIpc) is 2.61. The second-order valence-corrected chi connectivity index (χ2v) is 6.01. The predicted molar refractivity (Wildman–Crippen MR) is 70.0 cm³/mol. The summed E-state index contributed by atoms with van der Waals surface area (Å²) in [6.45, 7) is 1.59.